The molecule has 4 rings (SSSR count). The Hall–Kier alpha value is -3.52. The summed E-state index contributed by atoms with van der Waals surface area (Å²) in [5, 5.41) is 15.3. The maximum absolute atomic E-state index is 14.0. The summed E-state index contributed by atoms with van der Waals surface area (Å²) >= 11 is 1.50. The maximum Gasteiger partial charge on any atom is 0.249 e. The fourth-order valence-corrected chi connectivity index (χ4v) is 4.76. The molecule has 188 valence electrons. The van der Waals surface area contributed by atoms with Crippen molar-refractivity contribution in [3.63, 3.8) is 0 Å². The number of anilines is 1. The third-order valence-electron chi connectivity index (χ3n) is 5.85. The molecule has 0 spiro atoms. The van der Waals surface area contributed by atoms with Crippen molar-refractivity contribution in [1.82, 2.24) is 20.3 Å². The zero-order valence-electron chi connectivity index (χ0n) is 21.6. The van der Waals surface area contributed by atoms with Gasteiger partial charge in [-0.05, 0) is 78.4 Å². The Kier molecular flexibility index (Phi) is 7.00. The third kappa shape index (κ3) is 5.65. The van der Waals surface area contributed by atoms with Crippen LogP contribution >= 0.6 is 11.3 Å². The van der Waals surface area contributed by atoms with Crippen LogP contribution in [0.4, 0.5) is 5.69 Å². The van der Waals surface area contributed by atoms with Gasteiger partial charge in [0, 0.05) is 11.2 Å². The molecule has 0 fully saturated rings. The first-order valence-electron chi connectivity index (χ1n) is 12.0. The van der Waals surface area contributed by atoms with E-state index in [1.54, 1.807) is 9.58 Å². The monoisotopic (exact) mass is 503 g/mol. The highest BCUT2D eigenvalue weighted by molar-refractivity contribution is 7.08. The molecular weight excluding hydrogens is 470 g/mol. The summed E-state index contributed by atoms with van der Waals surface area (Å²) in [4.78, 5) is 29.3. The molecule has 0 aliphatic rings. The van der Waals surface area contributed by atoms with E-state index in [4.69, 9.17) is 0 Å². The molecule has 2 aromatic carbocycles. The maximum atomic E-state index is 14.0. The van der Waals surface area contributed by atoms with E-state index in [0.29, 0.717) is 11.2 Å². The predicted octanol–water partition coefficient (Wildman–Crippen LogP) is 5.48. The zero-order chi connectivity index (χ0) is 26.1. The molecule has 2 aromatic heterocycles. The molecule has 2 heterocycles. The summed E-state index contributed by atoms with van der Waals surface area (Å²) < 4.78 is 1.58. The van der Waals surface area contributed by atoms with E-state index in [0.717, 1.165) is 16.6 Å². The van der Waals surface area contributed by atoms with Crippen molar-refractivity contribution in [1.29, 1.82) is 0 Å². The van der Waals surface area contributed by atoms with E-state index in [-0.39, 0.29) is 23.8 Å². The van der Waals surface area contributed by atoms with Crippen LogP contribution in [-0.2, 0) is 21.5 Å². The molecule has 1 atom stereocenters. The van der Waals surface area contributed by atoms with Crippen LogP contribution in [0.5, 0.6) is 0 Å². The Morgan fingerprint density at radius 1 is 1.00 bits per heavy atom. The van der Waals surface area contributed by atoms with Gasteiger partial charge in [-0.15, -0.1) is 5.10 Å². The molecule has 2 amide bonds. The third-order valence-corrected chi connectivity index (χ3v) is 6.55. The highest BCUT2D eigenvalue weighted by Gasteiger charge is 2.35. The van der Waals surface area contributed by atoms with Crippen molar-refractivity contribution in [3.05, 3.63) is 76.5 Å². The minimum Gasteiger partial charge on any atom is -0.349 e. The van der Waals surface area contributed by atoms with Crippen molar-refractivity contribution in [2.45, 2.75) is 65.1 Å². The first-order chi connectivity index (χ1) is 16.9. The van der Waals surface area contributed by atoms with E-state index in [1.165, 1.54) is 11.3 Å². The van der Waals surface area contributed by atoms with Gasteiger partial charge in [-0.25, -0.2) is 4.68 Å². The Balaban J connectivity index is 1.79. The number of benzene rings is 2. The fraction of sp³-hybridized carbons (Fsp3) is 0.357. The van der Waals surface area contributed by atoms with Crippen LogP contribution in [0.1, 0.15) is 58.7 Å². The predicted molar refractivity (Wildman–Crippen MR) is 145 cm³/mol. The van der Waals surface area contributed by atoms with Gasteiger partial charge in [0.2, 0.25) is 11.8 Å². The van der Waals surface area contributed by atoms with E-state index < -0.39 is 11.6 Å². The number of amides is 2. The summed E-state index contributed by atoms with van der Waals surface area (Å²) in [6.07, 6.45) is 0. The van der Waals surface area contributed by atoms with Crippen molar-refractivity contribution in [2.75, 3.05) is 4.90 Å². The van der Waals surface area contributed by atoms with Gasteiger partial charge in [-0.3, -0.25) is 14.5 Å². The number of nitrogens with zero attached hydrogens (tertiary/aromatic N) is 4. The van der Waals surface area contributed by atoms with Gasteiger partial charge in [-0.1, -0.05) is 50.3 Å². The SMILES string of the molecule is CC(C)(C)NC(=O)C(c1ccsc1)N(C(=O)Cn1nnc2ccccc21)c1ccc(C(C)(C)C)cc1. The number of rotatable bonds is 6. The van der Waals surface area contributed by atoms with Crippen LogP contribution < -0.4 is 10.2 Å². The number of fused-ring (bicyclic) bond motifs is 1. The Morgan fingerprint density at radius 2 is 1.69 bits per heavy atom. The van der Waals surface area contributed by atoms with Gasteiger partial charge in [0.25, 0.3) is 0 Å². The number of para-hydroxylation sites is 1. The van der Waals surface area contributed by atoms with E-state index in [2.05, 4.69) is 36.4 Å². The molecule has 0 bridgehead atoms. The lowest BCUT2D eigenvalue weighted by atomic mass is 9.87. The van der Waals surface area contributed by atoms with Crippen molar-refractivity contribution >= 4 is 39.9 Å². The van der Waals surface area contributed by atoms with E-state index in [9.17, 15) is 9.59 Å². The zero-order valence-corrected chi connectivity index (χ0v) is 22.5. The molecule has 0 radical (unpaired) electrons. The lowest BCUT2D eigenvalue weighted by molar-refractivity contribution is -0.128. The molecule has 36 heavy (non-hydrogen) atoms. The van der Waals surface area contributed by atoms with Crippen LogP contribution in [0.3, 0.4) is 0 Å². The number of hydrogen-bond acceptors (Lipinski definition) is 5. The van der Waals surface area contributed by atoms with E-state index in [1.807, 2.05) is 86.1 Å². The number of carbonyl (C=O) groups excluding carboxylic acids is 2. The molecule has 0 saturated heterocycles. The average molecular weight is 504 g/mol. The minimum atomic E-state index is -0.835. The summed E-state index contributed by atoms with van der Waals surface area (Å²) in [5.41, 5.74) is 3.54. The molecule has 1 unspecified atom stereocenters. The largest absolute Gasteiger partial charge is 0.349 e. The normalized spacial score (nSPS) is 12.9. The smallest absolute Gasteiger partial charge is 0.249 e. The first kappa shape index (κ1) is 25.6. The highest BCUT2D eigenvalue weighted by atomic mass is 32.1. The second kappa shape index (κ2) is 9.85. The lowest BCUT2D eigenvalue weighted by Gasteiger charge is -2.33. The van der Waals surface area contributed by atoms with Gasteiger partial charge in [-0.2, -0.15) is 11.3 Å². The summed E-state index contributed by atoms with van der Waals surface area (Å²) in [6, 6.07) is 16.5. The van der Waals surface area contributed by atoms with E-state index >= 15 is 0 Å². The molecule has 0 aliphatic heterocycles. The van der Waals surface area contributed by atoms with Crippen molar-refractivity contribution < 1.29 is 9.59 Å². The highest BCUT2D eigenvalue weighted by Crippen LogP contribution is 2.32. The van der Waals surface area contributed by atoms with Crippen molar-refractivity contribution in [3.8, 4) is 0 Å². The number of nitrogens with one attached hydrogen (secondary N) is 1. The number of thiophene rings is 1. The molecular formula is C28H33N5O2S. The topological polar surface area (TPSA) is 80.1 Å². The quantitative estimate of drug-likeness (QED) is 0.378. The number of aromatic nitrogens is 3. The Bertz CT molecular complexity index is 1350. The molecule has 1 N–H and O–H groups in total. The molecule has 0 saturated carbocycles. The van der Waals surface area contributed by atoms with Crippen LogP contribution in [-0.4, -0.2) is 32.3 Å². The number of hydrogen-bond donors (Lipinski definition) is 1. The number of carbonyl (C=O) groups is 2. The Morgan fingerprint density at radius 3 is 2.31 bits per heavy atom. The molecule has 0 aliphatic carbocycles. The van der Waals surface area contributed by atoms with Gasteiger partial charge < -0.3 is 5.32 Å². The van der Waals surface area contributed by atoms with Gasteiger partial charge >= 0.3 is 0 Å². The summed E-state index contributed by atoms with van der Waals surface area (Å²) in [7, 11) is 0. The molecule has 7 nitrogen and oxygen atoms in total. The van der Waals surface area contributed by atoms with Gasteiger partial charge in [0.15, 0.2) is 0 Å². The van der Waals surface area contributed by atoms with Crippen LogP contribution in [0.15, 0.2) is 65.4 Å². The Labute approximate surface area is 216 Å². The lowest BCUT2D eigenvalue weighted by Crippen LogP contribution is -2.50. The standard InChI is InChI=1S/C28H33N5O2S/c1-27(2,3)20-11-13-21(14-12-20)33(24(34)17-32-23-10-8-7-9-22(23)30-31-32)25(19-15-16-36-18-19)26(35)29-28(4,5)6/h7-16,18,25H,17H2,1-6H3,(H,29,35). The van der Waals surface area contributed by atoms with Crippen molar-refractivity contribution in [2.24, 2.45) is 0 Å². The average Bonchev–Trinajstić information content (AvgIpc) is 3.46. The van der Waals surface area contributed by atoms with Crippen LogP contribution in [0.2, 0.25) is 0 Å². The van der Waals surface area contributed by atoms with Crippen LogP contribution in [0, 0.1) is 0 Å². The molecule has 8 heteroatoms. The van der Waals surface area contributed by atoms with Crippen LogP contribution in [0.25, 0.3) is 11.0 Å². The van der Waals surface area contributed by atoms with Gasteiger partial charge in [0.05, 0.1) is 5.52 Å². The molecule has 4 aromatic rings. The second-order valence-electron chi connectivity index (χ2n) is 11.0. The second-order valence-corrected chi connectivity index (χ2v) is 11.8. The summed E-state index contributed by atoms with van der Waals surface area (Å²) in [6.45, 7) is 12.2. The minimum absolute atomic E-state index is 0.0383. The first-order valence-corrected chi connectivity index (χ1v) is 12.9. The fourth-order valence-electron chi connectivity index (χ4n) is 4.08. The summed E-state index contributed by atoms with van der Waals surface area (Å²) in [5.74, 6) is -0.494. The van der Waals surface area contributed by atoms with Gasteiger partial charge in [0.1, 0.15) is 18.1 Å².